The van der Waals surface area contributed by atoms with Gasteiger partial charge in [-0.3, -0.25) is 4.68 Å². The Morgan fingerprint density at radius 2 is 2.10 bits per heavy atom. The minimum absolute atomic E-state index is 0.427. The molecule has 1 saturated heterocycles. The van der Waals surface area contributed by atoms with E-state index in [1.807, 2.05) is 0 Å². The maximum atomic E-state index is 5.48. The van der Waals surface area contributed by atoms with E-state index in [1.165, 1.54) is 30.7 Å². The normalized spacial score (nSPS) is 18.4. The molecule has 1 aromatic rings. The summed E-state index contributed by atoms with van der Waals surface area (Å²) in [4.78, 5) is 0. The molecule has 1 aliphatic rings. The number of aryl methyl sites for hydroxylation is 2. The van der Waals surface area contributed by atoms with Crippen LogP contribution in [0.3, 0.4) is 0 Å². The molecule has 1 aromatic heterocycles. The minimum Gasteiger partial charge on any atom is -0.381 e. The average Bonchev–Trinajstić information content (AvgIpc) is 2.91. The minimum atomic E-state index is 0.427. The molecule has 114 valence electrons. The maximum Gasteiger partial charge on any atom is 0.0625 e. The van der Waals surface area contributed by atoms with Gasteiger partial charge in [-0.05, 0) is 51.1 Å². The van der Waals surface area contributed by atoms with E-state index in [0.29, 0.717) is 6.04 Å². The second kappa shape index (κ2) is 7.79. The second-order valence-corrected chi connectivity index (χ2v) is 5.63. The van der Waals surface area contributed by atoms with Gasteiger partial charge in [0, 0.05) is 25.8 Å². The Kier molecular flexibility index (Phi) is 6.05. The SMILES string of the molecule is CCNC(CC1CCOCC1)c1cc(CC)nn1CC. The zero-order chi connectivity index (χ0) is 14.4. The van der Waals surface area contributed by atoms with E-state index in [2.05, 4.69) is 36.8 Å². The quantitative estimate of drug-likeness (QED) is 0.834. The van der Waals surface area contributed by atoms with Gasteiger partial charge in [-0.15, -0.1) is 0 Å². The van der Waals surface area contributed by atoms with Crippen LogP contribution in [0.15, 0.2) is 6.07 Å². The van der Waals surface area contributed by atoms with Crippen LogP contribution in [-0.2, 0) is 17.7 Å². The number of nitrogens with one attached hydrogen (secondary N) is 1. The summed E-state index contributed by atoms with van der Waals surface area (Å²) in [5, 5.41) is 8.35. The van der Waals surface area contributed by atoms with Gasteiger partial charge in [-0.1, -0.05) is 13.8 Å². The summed E-state index contributed by atoms with van der Waals surface area (Å²) in [6.07, 6.45) is 4.60. The molecule has 1 N–H and O–H groups in total. The van der Waals surface area contributed by atoms with Crippen molar-refractivity contribution in [3.05, 3.63) is 17.5 Å². The Morgan fingerprint density at radius 1 is 1.35 bits per heavy atom. The molecule has 0 saturated carbocycles. The van der Waals surface area contributed by atoms with Crippen LogP contribution in [0.4, 0.5) is 0 Å². The molecule has 4 nitrogen and oxygen atoms in total. The predicted octanol–water partition coefficient (Wildman–Crippen LogP) is 2.93. The van der Waals surface area contributed by atoms with Crippen molar-refractivity contribution >= 4 is 0 Å². The van der Waals surface area contributed by atoms with E-state index in [9.17, 15) is 0 Å². The van der Waals surface area contributed by atoms with Crippen LogP contribution in [0.2, 0.25) is 0 Å². The van der Waals surface area contributed by atoms with Crippen LogP contribution >= 0.6 is 0 Å². The van der Waals surface area contributed by atoms with Crippen molar-refractivity contribution in [2.45, 2.75) is 59.0 Å². The lowest BCUT2D eigenvalue weighted by Crippen LogP contribution is -2.28. The van der Waals surface area contributed by atoms with Crippen molar-refractivity contribution in [3.8, 4) is 0 Å². The van der Waals surface area contributed by atoms with E-state index in [-0.39, 0.29) is 0 Å². The number of hydrogen-bond donors (Lipinski definition) is 1. The smallest absolute Gasteiger partial charge is 0.0625 e. The number of aromatic nitrogens is 2. The molecule has 2 rings (SSSR count). The van der Waals surface area contributed by atoms with E-state index < -0.39 is 0 Å². The Bertz CT molecular complexity index is 396. The van der Waals surface area contributed by atoms with Gasteiger partial charge in [0.25, 0.3) is 0 Å². The summed E-state index contributed by atoms with van der Waals surface area (Å²) < 4.78 is 7.65. The fourth-order valence-electron chi connectivity index (χ4n) is 3.06. The Morgan fingerprint density at radius 3 is 2.70 bits per heavy atom. The first-order valence-electron chi connectivity index (χ1n) is 8.16. The van der Waals surface area contributed by atoms with E-state index >= 15 is 0 Å². The third-order valence-corrected chi connectivity index (χ3v) is 4.24. The Labute approximate surface area is 122 Å². The zero-order valence-electron chi connectivity index (χ0n) is 13.2. The van der Waals surface area contributed by atoms with E-state index in [0.717, 1.165) is 38.6 Å². The molecule has 1 aliphatic heterocycles. The number of rotatable bonds is 7. The van der Waals surface area contributed by atoms with Crippen LogP contribution in [0.1, 0.15) is 57.5 Å². The first-order valence-corrected chi connectivity index (χ1v) is 8.16. The lowest BCUT2D eigenvalue weighted by atomic mass is 9.91. The summed E-state index contributed by atoms with van der Waals surface area (Å²) in [6.45, 7) is 10.3. The van der Waals surface area contributed by atoms with Crippen molar-refractivity contribution in [1.82, 2.24) is 15.1 Å². The lowest BCUT2D eigenvalue weighted by molar-refractivity contribution is 0.0602. The van der Waals surface area contributed by atoms with E-state index in [1.54, 1.807) is 0 Å². The van der Waals surface area contributed by atoms with Crippen molar-refractivity contribution in [1.29, 1.82) is 0 Å². The topological polar surface area (TPSA) is 39.1 Å². The highest BCUT2D eigenvalue weighted by Gasteiger charge is 2.23. The van der Waals surface area contributed by atoms with Gasteiger partial charge in [-0.2, -0.15) is 5.10 Å². The van der Waals surface area contributed by atoms with E-state index in [4.69, 9.17) is 9.84 Å². The molecule has 0 radical (unpaired) electrons. The van der Waals surface area contributed by atoms with Gasteiger partial charge in [0.05, 0.1) is 11.4 Å². The number of hydrogen-bond acceptors (Lipinski definition) is 3. The first kappa shape index (κ1) is 15.5. The molecule has 0 spiro atoms. The molecule has 0 bridgehead atoms. The number of ether oxygens (including phenoxy) is 1. The predicted molar refractivity (Wildman–Crippen MR) is 81.9 cm³/mol. The van der Waals surface area contributed by atoms with Crippen molar-refractivity contribution in [2.75, 3.05) is 19.8 Å². The third-order valence-electron chi connectivity index (χ3n) is 4.24. The standard InChI is InChI=1S/C16H29N3O/c1-4-14-12-16(19(6-3)18-14)15(17-5-2)11-13-7-9-20-10-8-13/h12-13,15,17H,4-11H2,1-3H3. The van der Waals surface area contributed by atoms with Crippen LogP contribution in [0.25, 0.3) is 0 Å². The highest BCUT2D eigenvalue weighted by Crippen LogP contribution is 2.28. The summed E-state index contributed by atoms with van der Waals surface area (Å²) in [6, 6.07) is 2.71. The molecule has 1 fully saturated rings. The molecule has 2 heterocycles. The molecule has 1 unspecified atom stereocenters. The van der Waals surface area contributed by atoms with Gasteiger partial charge in [0.15, 0.2) is 0 Å². The van der Waals surface area contributed by atoms with Gasteiger partial charge < -0.3 is 10.1 Å². The Balaban J connectivity index is 2.11. The average molecular weight is 279 g/mol. The Hall–Kier alpha value is -0.870. The van der Waals surface area contributed by atoms with Crippen molar-refractivity contribution in [3.63, 3.8) is 0 Å². The number of nitrogens with zero attached hydrogens (tertiary/aromatic N) is 2. The van der Waals surface area contributed by atoms with Gasteiger partial charge in [0.1, 0.15) is 0 Å². The fourth-order valence-corrected chi connectivity index (χ4v) is 3.06. The highest BCUT2D eigenvalue weighted by atomic mass is 16.5. The molecule has 4 heteroatoms. The molecular weight excluding hydrogens is 250 g/mol. The molecule has 0 aliphatic carbocycles. The summed E-state index contributed by atoms with van der Waals surface area (Å²) >= 11 is 0. The second-order valence-electron chi connectivity index (χ2n) is 5.63. The zero-order valence-corrected chi connectivity index (χ0v) is 13.2. The van der Waals surface area contributed by atoms with Crippen LogP contribution in [0.5, 0.6) is 0 Å². The lowest BCUT2D eigenvalue weighted by Gasteiger charge is -2.27. The molecule has 0 aromatic carbocycles. The van der Waals surface area contributed by atoms with Crippen LogP contribution in [-0.4, -0.2) is 29.5 Å². The van der Waals surface area contributed by atoms with Gasteiger partial charge >= 0.3 is 0 Å². The van der Waals surface area contributed by atoms with Gasteiger partial charge in [0.2, 0.25) is 0 Å². The van der Waals surface area contributed by atoms with Crippen molar-refractivity contribution < 1.29 is 4.74 Å². The highest BCUT2D eigenvalue weighted by molar-refractivity contribution is 5.15. The molecule has 1 atom stereocenters. The maximum absolute atomic E-state index is 5.48. The monoisotopic (exact) mass is 279 g/mol. The largest absolute Gasteiger partial charge is 0.381 e. The van der Waals surface area contributed by atoms with Crippen LogP contribution in [0, 0.1) is 5.92 Å². The summed E-state index contributed by atoms with van der Waals surface area (Å²) in [5.41, 5.74) is 2.56. The molecule has 20 heavy (non-hydrogen) atoms. The van der Waals surface area contributed by atoms with Crippen molar-refractivity contribution in [2.24, 2.45) is 5.92 Å². The fraction of sp³-hybridized carbons (Fsp3) is 0.812. The van der Waals surface area contributed by atoms with Crippen LogP contribution < -0.4 is 5.32 Å². The summed E-state index contributed by atoms with van der Waals surface area (Å²) in [5.74, 6) is 0.776. The van der Waals surface area contributed by atoms with Gasteiger partial charge in [-0.25, -0.2) is 0 Å². The first-order chi connectivity index (χ1) is 9.78. The summed E-state index contributed by atoms with van der Waals surface area (Å²) in [7, 11) is 0. The third kappa shape index (κ3) is 3.83. The molecular formula is C16H29N3O. The molecule has 0 amide bonds.